The zero-order chi connectivity index (χ0) is 22.9. The quantitative estimate of drug-likeness (QED) is 0.221. The molecule has 0 atom stereocenters. The van der Waals surface area contributed by atoms with E-state index in [4.69, 9.17) is 14.2 Å². The Morgan fingerprint density at radius 2 is 1.56 bits per heavy atom. The number of hydrogen-bond acceptors (Lipinski definition) is 6. The summed E-state index contributed by atoms with van der Waals surface area (Å²) in [5.74, 6) is 0.365. The molecule has 6 nitrogen and oxygen atoms in total. The van der Waals surface area contributed by atoms with Gasteiger partial charge in [-0.2, -0.15) is 5.26 Å². The average Bonchev–Trinajstić information content (AvgIpc) is 2.86. The van der Waals surface area contributed by atoms with Gasteiger partial charge in [-0.1, -0.05) is 30.3 Å². The van der Waals surface area contributed by atoms with Crippen LogP contribution < -0.4 is 9.47 Å². The van der Waals surface area contributed by atoms with Gasteiger partial charge in [-0.15, -0.1) is 0 Å². The van der Waals surface area contributed by atoms with Crippen molar-refractivity contribution < 1.29 is 23.8 Å². The number of hydrogen-bond donors (Lipinski definition) is 0. The molecule has 0 heterocycles. The van der Waals surface area contributed by atoms with Crippen molar-refractivity contribution in [2.45, 2.75) is 6.61 Å². The summed E-state index contributed by atoms with van der Waals surface area (Å²) in [6.45, 7) is 0.251. The van der Waals surface area contributed by atoms with Crippen LogP contribution in [-0.4, -0.2) is 26.0 Å². The van der Waals surface area contributed by atoms with Gasteiger partial charge in [-0.25, -0.2) is 4.79 Å². The molecule has 0 fully saturated rings. The predicted octanol–water partition coefficient (Wildman–Crippen LogP) is 4.85. The Hall–Kier alpha value is -4.37. The maximum Gasteiger partial charge on any atom is 0.337 e. The topological polar surface area (TPSA) is 85.6 Å². The van der Waals surface area contributed by atoms with Crippen molar-refractivity contribution in [2.24, 2.45) is 0 Å². The maximum atomic E-state index is 12.8. The molecule has 0 amide bonds. The molecule has 0 aliphatic heterocycles. The lowest BCUT2D eigenvalue weighted by Gasteiger charge is -2.10. The van der Waals surface area contributed by atoms with Crippen molar-refractivity contribution in [1.82, 2.24) is 0 Å². The fourth-order valence-corrected chi connectivity index (χ4v) is 2.95. The molecule has 0 saturated heterocycles. The highest BCUT2D eigenvalue weighted by atomic mass is 16.5. The molecule has 32 heavy (non-hydrogen) atoms. The summed E-state index contributed by atoms with van der Waals surface area (Å²) < 4.78 is 15.7. The number of para-hydroxylation sites is 1. The van der Waals surface area contributed by atoms with Crippen LogP contribution in [0.15, 0.2) is 78.4 Å². The SMILES string of the molecule is COC(=O)c1ccc(COc2ccccc2/C=C(\C#N)C(=O)c2ccc(OC)cc2)cc1. The zero-order valence-corrected chi connectivity index (χ0v) is 17.7. The van der Waals surface area contributed by atoms with E-state index in [1.54, 1.807) is 73.8 Å². The molecule has 0 aliphatic rings. The Morgan fingerprint density at radius 1 is 0.906 bits per heavy atom. The number of ether oxygens (including phenoxy) is 3. The minimum absolute atomic E-state index is 0.00588. The Bertz CT molecular complexity index is 1170. The minimum Gasteiger partial charge on any atom is -0.497 e. The van der Waals surface area contributed by atoms with Gasteiger partial charge >= 0.3 is 5.97 Å². The molecule has 0 N–H and O–H groups in total. The third-order valence-corrected chi connectivity index (χ3v) is 4.71. The minimum atomic E-state index is -0.404. The van der Waals surface area contributed by atoms with Crippen molar-refractivity contribution in [3.8, 4) is 17.6 Å². The Kier molecular flexibility index (Phi) is 7.39. The molecule has 0 aliphatic carbocycles. The second-order valence-electron chi connectivity index (χ2n) is 6.74. The van der Waals surface area contributed by atoms with Crippen LogP contribution >= 0.6 is 0 Å². The fourth-order valence-electron chi connectivity index (χ4n) is 2.95. The molecule has 0 radical (unpaired) electrons. The summed E-state index contributed by atoms with van der Waals surface area (Å²) in [6, 6.07) is 22.6. The van der Waals surface area contributed by atoms with Crippen molar-refractivity contribution >= 4 is 17.8 Å². The largest absolute Gasteiger partial charge is 0.497 e. The first-order chi connectivity index (χ1) is 15.5. The van der Waals surface area contributed by atoms with Crippen LogP contribution in [0.4, 0.5) is 0 Å². The van der Waals surface area contributed by atoms with Crippen LogP contribution in [-0.2, 0) is 11.3 Å². The Balaban J connectivity index is 1.78. The van der Waals surface area contributed by atoms with E-state index in [-0.39, 0.29) is 18.0 Å². The van der Waals surface area contributed by atoms with Crippen molar-refractivity contribution in [3.63, 3.8) is 0 Å². The number of methoxy groups -OCH3 is 2. The average molecular weight is 427 g/mol. The molecule has 3 aromatic rings. The summed E-state index contributed by atoms with van der Waals surface area (Å²) in [5, 5.41) is 9.57. The monoisotopic (exact) mass is 427 g/mol. The number of ketones is 1. The third kappa shape index (κ3) is 5.41. The molecule has 0 bridgehead atoms. The van der Waals surface area contributed by atoms with Crippen LogP contribution in [0.5, 0.6) is 11.5 Å². The molecule has 0 aromatic heterocycles. The number of carbonyl (C=O) groups is 2. The Labute approximate surface area is 186 Å². The first-order valence-electron chi connectivity index (χ1n) is 9.75. The zero-order valence-electron chi connectivity index (χ0n) is 17.7. The number of allylic oxidation sites excluding steroid dienone is 1. The molecular weight excluding hydrogens is 406 g/mol. The Morgan fingerprint density at radius 3 is 2.19 bits per heavy atom. The fraction of sp³-hybridized carbons (Fsp3) is 0.115. The third-order valence-electron chi connectivity index (χ3n) is 4.71. The summed E-state index contributed by atoms with van der Waals surface area (Å²) in [4.78, 5) is 24.3. The standard InChI is InChI=1S/C26H21NO5/c1-30-23-13-11-19(12-14-23)25(28)22(16-27)15-21-5-3-4-6-24(21)32-17-18-7-9-20(10-8-18)26(29)31-2/h3-15H,17H2,1-2H3/b22-15+. The smallest absolute Gasteiger partial charge is 0.337 e. The molecule has 0 unspecified atom stereocenters. The van der Waals surface area contributed by atoms with Gasteiger partial charge in [0.15, 0.2) is 0 Å². The van der Waals surface area contributed by atoms with Gasteiger partial charge in [-0.3, -0.25) is 4.79 Å². The molecule has 0 spiro atoms. The number of nitriles is 1. The predicted molar refractivity (Wildman–Crippen MR) is 119 cm³/mol. The van der Waals surface area contributed by atoms with Crippen molar-refractivity contribution in [3.05, 3.63) is 101 Å². The first-order valence-corrected chi connectivity index (χ1v) is 9.75. The number of Topliss-reactive ketones (excluding diaryl/α,β-unsaturated/α-hetero) is 1. The lowest BCUT2D eigenvalue weighted by atomic mass is 10.0. The van der Waals surface area contributed by atoms with Crippen LogP contribution in [0, 0.1) is 11.3 Å². The van der Waals surface area contributed by atoms with Gasteiger partial charge < -0.3 is 14.2 Å². The van der Waals surface area contributed by atoms with Gasteiger partial charge in [-0.05, 0) is 54.1 Å². The number of benzene rings is 3. The molecular formula is C26H21NO5. The van der Waals surface area contributed by atoms with E-state index in [9.17, 15) is 14.9 Å². The van der Waals surface area contributed by atoms with Crippen LogP contribution in [0.25, 0.3) is 6.08 Å². The van der Waals surface area contributed by atoms with Gasteiger partial charge in [0.1, 0.15) is 29.7 Å². The number of carbonyl (C=O) groups excluding carboxylic acids is 2. The van der Waals surface area contributed by atoms with Crippen molar-refractivity contribution in [2.75, 3.05) is 14.2 Å². The van der Waals surface area contributed by atoms with E-state index in [0.717, 1.165) is 5.56 Å². The van der Waals surface area contributed by atoms with E-state index in [1.165, 1.54) is 13.2 Å². The van der Waals surface area contributed by atoms with E-state index in [0.29, 0.717) is 28.2 Å². The second-order valence-corrected chi connectivity index (χ2v) is 6.74. The van der Waals surface area contributed by atoms with Gasteiger partial charge in [0.25, 0.3) is 0 Å². The van der Waals surface area contributed by atoms with Crippen LogP contribution in [0.3, 0.4) is 0 Å². The summed E-state index contributed by atoms with van der Waals surface area (Å²) in [6.07, 6.45) is 1.52. The van der Waals surface area contributed by atoms with E-state index in [2.05, 4.69) is 0 Å². The molecule has 3 aromatic carbocycles. The van der Waals surface area contributed by atoms with E-state index >= 15 is 0 Å². The van der Waals surface area contributed by atoms with E-state index < -0.39 is 5.97 Å². The normalized spacial score (nSPS) is 10.7. The molecule has 160 valence electrons. The van der Waals surface area contributed by atoms with Gasteiger partial charge in [0.05, 0.1) is 19.8 Å². The maximum absolute atomic E-state index is 12.8. The van der Waals surface area contributed by atoms with Crippen LogP contribution in [0.2, 0.25) is 0 Å². The lowest BCUT2D eigenvalue weighted by molar-refractivity contribution is 0.0600. The first kappa shape index (κ1) is 22.3. The van der Waals surface area contributed by atoms with E-state index in [1.807, 2.05) is 12.1 Å². The number of nitrogens with zero attached hydrogens (tertiary/aromatic N) is 1. The van der Waals surface area contributed by atoms with Gasteiger partial charge in [0.2, 0.25) is 5.78 Å². The molecule has 6 heteroatoms. The number of rotatable bonds is 8. The summed E-state index contributed by atoms with van der Waals surface area (Å²) in [5.41, 5.74) is 2.30. The van der Waals surface area contributed by atoms with Crippen molar-refractivity contribution in [1.29, 1.82) is 5.26 Å². The number of esters is 1. The highest BCUT2D eigenvalue weighted by Gasteiger charge is 2.14. The summed E-state index contributed by atoms with van der Waals surface area (Å²) >= 11 is 0. The molecule has 3 rings (SSSR count). The highest BCUT2D eigenvalue weighted by Crippen LogP contribution is 2.24. The summed E-state index contributed by atoms with van der Waals surface area (Å²) in [7, 11) is 2.88. The lowest BCUT2D eigenvalue weighted by Crippen LogP contribution is -2.03. The highest BCUT2D eigenvalue weighted by molar-refractivity contribution is 6.14. The molecule has 0 saturated carbocycles. The second kappa shape index (κ2) is 10.6. The van der Waals surface area contributed by atoms with Gasteiger partial charge in [0, 0.05) is 11.1 Å². The van der Waals surface area contributed by atoms with Crippen LogP contribution in [0.1, 0.15) is 31.8 Å².